The van der Waals surface area contributed by atoms with E-state index in [0.717, 1.165) is 36.2 Å². The van der Waals surface area contributed by atoms with Crippen molar-refractivity contribution < 1.29 is 0 Å². The van der Waals surface area contributed by atoms with Gasteiger partial charge in [0.15, 0.2) is 0 Å². The second kappa shape index (κ2) is 5.01. The monoisotopic (exact) mass is 257 g/mol. The van der Waals surface area contributed by atoms with Gasteiger partial charge in [-0.05, 0) is 32.1 Å². The normalized spacial score (nSPS) is 19.8. The molecular formula is C14H19N5. The number of rotatable bonds is 3. The molecule has 3 rings (SSSR count). The highest BCUT2D eigenvalue weighted by atomic mass is 15.2. The van der Waals surface area contributed by atoms with E-state index in [4.69, 9.17) is 0 Å². The van der Waals surface area contributed by atoms with Gasteiger partial charge in [0.2, 0.25) is 5.95 Å². The van der Waals surface area contributed by atoms with Gasteiger partial charge < -0.3 is 15.5 Å². The number of para-hydroxylation sites is 1. The van der Waals surface area contributed by atoms with Crippen molar-refractivity contribution in [3.8, 4) is 0 Å². The molecule has 1 unspecified atom stereocenters. The number of hydrogen-bond donors (Lipinski definition) is 2. The molecule has 1 saturated heterocycles. The largest absolute Gasteiger partial charge is 0.365 e. The van der Waals surface area contributed by atoms with Crippen LogP contribution >= 0.6 is 0 Å². The Balaban J connectivity index is 1.96. The van der Waals surface area contributed by atoms with Crippen LogP contribution in [0, 0.1) is 0 Å². The quantitative estimate of drug-likeness (QED) is 0.878. The minimum absolute atomic E-state index is 0.466. The first-order valence-electron chi connectivity index (χ1n) is 6.66. The van der Waals surface area contributed by atoms with E-state index in [-0.39, 0.29) is 0 Å². The molecule has 0 saturated carbocycles. The van der Waals surface area contributed by atoms with Crippen molar-refractivity contribution >= 4 is 22.7 Å². The van der Waals surface area contributed by atoms with Gasteiger partial charge in [-0.3, -0.25) is 0 Å². The molecule has 1 atom stereocenters. The second-order valence-corrected chi connectivity index (χ2v) is 5.06. The molecule has 1 aliphatic rings. The Bertz CT molecular complexity index is 583. The number of benzene rings is 1. The van der Waals surface area contributed by atoms with Crippen LogP contribution in [0.3, 0.4) is 0 Å². The summed E-state index contributed by atoms with van der Waals surface area (Å²) in [5.74, 6) is 1.59. The van der Waals surface area contributed by atoms with Crippen molar-refractivity contribution in [2.75, 3.05) is 37.8 Å². The van der Waals surface area contributed by atoms with Gasteiger partial charge >= 0.3 is 0 Å². The third kappa shape index (κ3) is 2.46. The van der Waals surface area contributed by atoms with Gasteiger partial charge in [-0.15, -0.1) is 0 Å². The summed E-state index contributed by atoms with van der Waals surface area (Å²) in [6.07, 6.45) is 1.16. The number of hydrogen-bond acceptors (Lipinski definition) is 5. The maximum atomic E-state index is 4.56. The molecule has 0 spiro atoms. The van der Waals surface area contributed by atoms with Gasteiger partial charge in [0, 0.05) is 25.0 Å². The molecular weight excluding hydrogens is 238 g/mol. The summed E-state index contributed by atoms with van der Waals surface area (Å²) >= 11 is 0. The maximum absolute atomic E-state index is 4.56. The third-order valence-electron chi connectivity index (χ3n) is 3.56. The number of fused-ring (bicyclic) bond motifs is 1. The van der Waals surface area contributed by atoms with E-state index < -0.39 is 0 Å². The molecule has 5 heteroatoms. The Morgan fingerprint density at radius 2 is 2.11 bits per heavy atom. The molecule has 1 aromatic carbocycles. The lowest BCUT2D eigenvalue weighted by Crippen LogP contribution is -2.24. The topological polar surface area (TPSA) is 53.1 Å². The highest BCUT2D eigenvalue weighted by molar-refractivity contribution is 5.90. The Kier molecular flexibility index (Phi) is 3.21. The number of aromatic nitrogens is 2. The smallest absolute Gasteiger partial charge is 0.224 e. The van der Waals surface area contributed by atoms with E-state index >= 15 is 0 Å². The summed E-state index contributed by atoms with van der Waals surface area (Å²) < 4.78 is 0. The van der Waals surface area contributed by atoms with Crippen molar-refractivity contribution in [2.45, 2.75) is 12.5 Å². The number of anilines is 2. The van der Waals surface area contributed by atoms with E-state index in [1.807, 2.05) is 25.2 Å². The summed E-state index contributed by atoms with van der Waals surface area (Å²) in [5, 5.41) is 7.66. The predicted molar refractivity (Wildman–Crippen MR) is 78.6 cm³/mol. The second-order valence-electron chi connectivity index (χ2n) is 5.06. The van der Waals surface area contributed by atoms with Crippen LogP contribution < -0.4 is 10.6 Å². The van der Waals surface area contributed by atoms with Crippen molar-refractivity contribution in [2.24, 2.45) is 0 Å². The van der Waals surface area contributed by atoms with Crippen LogP contribution in [-0.2, 0) is 0 Å². The van der Waals surface area contributed by atoms with Crippen LogP contribution in [0.2, 0.25) is 0 Å². The van der Waals surface area contributed by atoms with Crippen LogP contribution in [0.5, 0.6) is 0 Å². The Labute approximate surface area is 113 Å². The molecule has 0 bridgehead atoms. The highest BCUT2D eigenvalue weighted by Crippen LogP contribution is 2.23. The van der Waals surface area contributed by atoms with Crippen molar-refractivity contribution in [3.05, 3.63) is 24.3 Å². The summed E-state index contributed by atoms with van der Waals surface area (Å²) in [7, 11) is 4.00. The lowest BCUT2D eigenvalue weighted by atomic mass is 10.2. The fourth-order valence-corrected chi connectivity index (χ4v) is 2.54. The molecule has 19 heavy (non-hydrogen) atoms. The van der Waals surface area contributed by atoms with Gasteiger partial charge in [-0.2, -0.15) is 4.98 Å². The molecule has 1 aliphatic heterocycles. The SMILES string of the molecule is CNc1nc(NC2CCN(C)C2)c2ccccc2n1. The van der Waals surface area contributed by atoms with Gasteiger partial charge in [0.25, 0.3) is 0 Å². The van der Waals surface area contributed by atoms with Crippen molar-refractivity contribution in [1.29, 1.82) is 0 Å². The van der Waals surface area contributed by atoms with E-state index in [0.29, 0.717) is 12.0 Å². The van der Waals surface area contributed by atoms with Gasteiger partial charge in [0.05, 0.1) is 5.52 Å². The van der Waals surface area contributed by atoms with Crippen LogP contribution in [-0.4, -0.2) is 48.1 Å². The number of nitrogens with one attached hydrogen (secondary N) is 2. The van der Waals surface area contributed by atoms with Crippen LogP contribution in [0.25, 0.3) is 10.9 Å². The number of likely N-dealkylation sites (tertiary alicyclic amines) is 1. The summed E-state index contributed by atoms with van der Waals surface area (Å²) in [6.45, 7) is 2.20. The van der Waals surface area contributed by atoms with Crippen molar-refractivity contribution in [3.63, 3.8) is 0 Å². The molecule has 2 N–H and O–H groups in total. The summed E-state index contributed by atoms with van der Waals surface area (Å²) in [4.78, 5) is 11.4. The third-order valence-corrected chi connectivity index (χ3v) is 3.56. The first kappa shape index (κ1) is 12.2. The molecule has 0 radical (unpaired) electrons. The van der Waals surface area contributed by atoms with Crippen molar-refractivity contribution in [1.82, 2.24) is 14.9 Å². The maximum Gasteiger partial charge on any atom is 0.224 e. The fourth-order valence-electron chi connectivity index (χ4n) is 2.54. The van der Waals surface area contributed by atoms with Gasteiger partial charge in [0.1, 0.15) is 5.82 Å². The standard InChI is InChI=1S/C14H19N5/c1-15-14-17-12-6-4-3-5-11(12)13(18-14)16-10-7-8-19(2)9-10/h3-6,10H,7-9H2,1-2H3,(H2,15,16,17,18). The van der Waals surface area contributed by atoms with E-state index in [1.165, 1.54) is 0 Å². The van der Waals surface area contributed by atoms with Crippen LogP contribution in [0.1, 0.15) is 6.42 Å². The molecule has 0 aliphatic carbocycles. The average molecular weight is 257 g/mol. The van der Waals surface area contributed by atoms with Gasteiger partial charge in [-0.1, -0.05) is 12.1 Å². The Morgan fingerprint density at radius 3 is 2.84 bits per heavy atom. The van der Waals surface area contributed by atoms with E-state index in [2.05, 4.69) is 38.6 Å². The van der Waals surface area contributed by atoms with E-state index in [9.17, 15) is 0 Å². The molecule has 0 amide bonds. The summed E-state index contributed by atoms with van der Waals surface area (Å²) in [5.41, 5.74) is 0.968. The zero-order valence-corrected chi connectivity index (χ0v) is 11.3. The molecule has 2 aromatic rings. The van der Waals surface area contributed by atoms with Crippen LogP contribution in [0.15, 0.2) is 24.3 Å². The van der Waals surface area contributed by atoms with Crippen LogP contribution in [0.4, 0.5) is 11.8 Å². The lowest BCUT2D eigenvalue weighted by Gasteiger charge is -2.15. The Morgan fingerprint density at radius 1 is 1.26 bits per heavy atom. The average Bonchev–Trinajstić information content (AvgIpc) is 2.84. The molecule has 1 fully saturated rings. The highest BCUT2D eigenvalue weighted by Gasteiger charge is 2.20. The first-order valence-corrected chi connectivity index (χ1v) is 6.66. The molecule has 1 aromatic heterocycles. The number of nitrogens with zero attached hydrogens (tertiary/aromatic N) is 3. The zero-order chi connectivity index (χ0) is 13.2. The minimum atomic E-state index is 0.466. The molecule has 5 nitrogen and oxygen atoms in total. The van der Waals surface area contributed by atoms with Gasteiger partial charge in [-0.25, -0.2) is 4.98 Å². The Hall–Kier alpha value is -1.88. The molecule has 100 valence electrons. The summed E-state index contributed by atoms with van der Waals surface area (Å²) in [6, 6.07) is 8.58. The first-order chi connectivity index (χ1) is 9.26. The predicted octanol–water partition coefficient (Wildman–Crippen LogP) is 1.79. The fraction of sp³-hybridized carbons (Fsp3) is 0.429. The van der Waals surface area contributed by atoms with E-state index in [1.54, 1.807) is 0 Å². The lowest BCUT2D eigenvalue weighted by molar-refractivity contribution is 0.414. The zero-order valence-electron chi connectivity index (χ0n) is 11.3. The number of likely N-dealkylation sites (N-methyl/N-ethyl adjacent to an activating group) is 1. The molecule has 2 heterocycles. The minimum Gasteiger partial charge on any atom is -0.365 e.